The summed E-state index contributed by atoms with van der Waals surface area (Å²) >= 11 is 9.49. The van der Waals surface area contributed by atoms with Gasteiger partial charge in [-0.2, -0.15) is 0 Å². The van der Waals surface area contributed by atoms with E-state index in [-0.39, 0.29) is 0 Å². The Morgan fingerprint density at radius 3 is 2.86 bits per heavy atom. The summed E-state index contributed by atoms with van der Waals surface area (Å²) in [5.74, 6) is 0. The normalized spacial score (nSPS) is 10.5. The molecule has 0 heterocycles. The van der Waals surface area contributed by atoms with E-state index >= 15 is 0 Å². The van der Waals surface area contributed by atoms with Gasteiger partial charge in [0.15, 0.2) is 0 Å². The summed E-state index contributed by atoms with van der Waals surface area (Å²) in [6, 6.07) is 5.97. The number of hydrogen-bond acceptors (Lipinski definition) is 1. The van der Waals surface area contributed by atoms with Gasteiger partial charge in [-0.05, 0) is 43.0 Å². The second-order valence-electron chi connectivity index (χ2n) is 3.19. The van der Waals surface area contributed by atoms with E-state index < -0.39 is 0 Å². The lowest BCUT2D eigenvalue weighted by Gasteiger charge is -2.04. The average molecular weight is 278 g/mol. The number of ether oxygens (including phenoxy) is 1. The number of halogens is 2. The third-order valence-corrected chi connectivity index (χ3v) is 2.91. The van der Waals surface area contributed by atoms with Crippen molar-refractivity contribution in [3.63, 3.8) is 0 Å². The molecule has 78 valence electrons. The highest BCUT2D eigenvalue weighted by atomic mass is 79.9. The molecule has 0 radical (unpaired) electrons. The molecule has 1 rings (SSSR count). The van der Waals surface area contributed by atoms with Crippen LogP contribution in [0, 0.1) is 0 Å². The first-order valence-corrected chi connectivity index (χ1v) is 5.84. The minimum atomic E-state index is 0.825. The molecule has 0 aliphatic carbocycles. The molecule has 0 aliphatic rings. The van der Waals surface area contributed by atoms with E-state index in [1.165, 1.54) is 5.56 Å². The van der Waals surface area contributed by atoms with Crippen molar-refractivity contribution in [3.05, 3.63) is 33.3 Å². The smallest absolute Gasteiger partial charge is 0.0462 e. The van der Waals surface area contributed by atoms with Crippen LogP contribution in [0.2, 0.25) is 5.02 Å². The molecule has 1 aromatic rings. The minimum Gasteiger partial charge on any atom is -0.385 e. The van der Waals surface area contributed by atoms with Gasteiger partial charge in [0.1, 0.15) is 0 Å². The quantitative estimate of drug-likeness (QED) is 0.737. The molecule has 0 amide bonds. The fourth-order valence-electron chi connectivity index (χ4n) is 1.30. The number of rotatable bonds is 5. The maximum atomic E-state index is 6.06. The lowest BCUT2D eigenvalue weighted by atomic mass is 10.1. The predicted octanol–water partition coefficient (Wildman–Crippen LogP) is 4.07. The molecule has 0 bridgehead atoms. The van der Waals surface area contributed by atoms with E-state index in [4.69, 9.17) is 16.3 Å². The molecule has 1 aromatic carbocycles. The van der Waals surface area contributed by atoms with E-state index in [1.807, 2.05) is 12.1 Å². The zero-order valence-electron chi connectivity index (χ0n) is 8.22. The van der Waals surface area contributed by atoms with E-state index in [0.717, 1.165) is 35.4 Å². The second kappa shape index (κ2) is 6.44. The maximum absolute atomic E-state index is 6.06. The predicted molar refractivity (Wildman–Crippen MR) is 64.0 cm³/mol. The molecule has 0 aliphatic heterocycles. The number of hydrogen-bond donors (Lipinski definition) is 0. The van der Waals surface area contributed by atoms with Gasteiger partial charge in [0.05, 0.1) is 0 Å². The monoisotopic (exact) mass is 276 g/mol. The summed E-state index contributed by atoms with van der Waals surface area (Å²) < 4.78 is 6.08. The molecule has 0 aromatic heterocycles. The van der Waals surface area contributed by atoms with E-state index in [2.05, 4.69) is 22.0 Å². The fourth-order valence-corrected chi connectivity index (χ4v) is 1.92. The molecule has 3 heteroatoms. The summed E-state index contributed by atoms with van der Waals surface area (Å²) in [7, 11) is 1.73. The molecule has 0 fully saturated rings. The summed E-state index contributed by atoms with van der Waals surface area (Å²) in [4.78, 5) is 0. The zero-order chi connectivity index (χ0) is 10.4. The van der Waals surface area contributed by atoms with E-state index in [0.29, 0.717) is 0 Å². The molecule has 14 heavy (non-hydrogen) atoms. The molecular formula is C11H14BrClO. The first kappa shape index (κ1) is 12.0. The Hall–Kier alpha value is -0.0500. The highest BCUT2D eigenvalue weighted by Gasteiger charge is 2.00. The highest BCUT2D eigenvalue weighted by molar-refractivity contribution is 9.10. The van der Waals surface area contributed by atoms with Gasteiger partial charge in [0.25, 0.3) is 0 Å². The van der Waals surface area contributed by atoms with Crippen molar-refractivity contribution in [3.8, 4) is 0 Å². The summed E-state index contributed by atoms with van der Waals surface area (Å²) in [6.07, 6.45) is 3.21. The molecular weight excluding hydrogens is 263 g/mol. The first-order chi connectivity index (χ1) is 6.74. The summed E-state index contributed by atoms with van der Waals surface area (Å²) in [6.45, 7) is 0.825. The van der Waals surface area contributed by atoms with Crippen molar-refractivity contribution in [1.29, 1.82) is 0 Å². The summed E-state index contributed by atoms with van der Waals surface area (Å²) in [5, 5.41) is 0.852. The van der Waals surface area contributed by atoms with Crippen molar-refractivity contribution in [2.75, 3.05) is 13.7 Å². The van der Waals surface area contributed by atoms with Crippen molar-refractivity contribution in [2.45, 2.75) is 19.3 Å². The highest BCUT2D eigenvalue weighted by Crippen LogP contribution is 2.22. The number of benzene rings is 1. The van der Waals surface area contributed by atoms with Crippen molar-refractivity contribution in [1.82, 2.24) is 0 Å². The molecule has 0 N–H and O–H groups in total. The largest absolute Gasteiger partial charge is 0.385 e. The van der Waals surface area contributed by atoms with Crippen LogP contribution in [0.1, 0.15) is 18.4 Å². The Bertz CT molecular complexity index is 289. The van der Waals surface area contributed by atoms with Crippen LogP contribution in [0.25, 0.3) is 0 Å². The second-order valence-corrected chi connectivity index (χ2v) is 4.51. The van der Waals surface area contributed by atoms with Gasteiger partial charge in [-0.3, -0.25) is 0 Å². The van der Waals surface area contributed by atoms with Gasteiger partial charge >= 0.3 is 0 Å². The Labute approximate surface area is 98.5 Å². The topological polar surface area (TPSA) is 9.23 Å². The van der Waals surface area contributed by atoms with Crippen LogP contribution in [-0.4, -0.2) is 13.7 Å². The SMILES string of the molecule is COCCCCc1cc(Br)ccc1Cl. The van der Waals surface area contributed by atoms with Gasteiger partial charge in [-0.15, -0.1) is 0 Å². The van der Waals surface area contributed by atoms with Gasteiger partial charge in [0.2, 0.25) is 0 Å². The number of aryl methyl sites for hydroxylation is 1. The number of methoxy groups -OCH3 is 1. The van der Waals surface area contributed by atoms with Gasteiger partial charge in [-0.25, -0.2) is 0 Å². The third-order valence-electron chi connectivity index (χ3n) is 2.05. The Morgan fingerprint density at radius 2 is 2.14 bits per heavy atom. The summed E-state index contributed by atoms with van der Waals surface area (Å²) in [5.41, 5.74) is 1.21. The van der Waals surface area contributed by atoms with Gasteiger partial charge in [0, 0.05) is 23.2 Å². The van der Waals surface area contributed by atoms with E-state index in [1.54, 1.807) is 7.11 Å². The molecule has 1 nitrogen and oxygen atoms in total. The Morgan fingerprint density at radius 1 is 1.36 bits per heavy atom. The Kier molecular flexibility index (Phi) is 5.53. The van der Waals surface area contributed by atoms with E-state index in [9.17, 15) is 0 Å². The van der Waals surface area contributed by atoms with Crippen molar-refractivity contribution < 1.29 is 4.74 Å². The lowest BCUT2D eigenvalue weighted by Crippen LogP contribution is -1.92. The van der Waals surface area contributed by atoms with Crippen LogP contribution in [0.15, 0.2) is 22.7 Å². The number of unbranched alkanes of at least 4 members (excludes halogenated alkanes) is 1. The van der Waals surface area contributed by atoms with Crippen LogP contribution in [0.5, 0.6) is 0 Å². The molecule has 0 saturated carbocycles. The van der Waals surface area contributed by atoms with Crippen molar-refractivity contribution >= 4 is 27.5 Å². The standard InChI is InChI=1S/C11H14BrClO/c1-14-7-3-2-4-9-8-10(12)5-6-11(9)13/h5-6,8H,2-4,7H2,1H3. The molecule has 0 unspecified atom stereocenters. The first-order valence-electron chi connectivity index (χ1n) is 4.67. The maximum Gasteiger partial charge on any atom is 0.0462 e. The van der Waals surface area contributed by atoms with Crippen LogP contribution in [0.3, 0.4) is 0 Å². The Balaban J connectivity index is 2.45. The van der Waals surface area contributed by atoms with Crippen molar-refractivity contribution in [2.24, 2.45) is 0 Å². The lowest BCUT2D eigenvalue weighted by molar-refractivity contribution is 0.193. The third kappa shape index (κ3) is 3.99. The minimum absolute atomic E-state index is 0.825. The van der Waals surface area contributed by atoms with Crippen LogP contribution >= 0.6 is 27.5 Å². The average Bonchev–Trinajstić information content (AvgIpc) is 2.18. The van der Waals surface area contributed by atoms with Crippen LogP contribution in [0.4, 0.5) is 0 Å². The molecule has 0 atom stereocenters. The fraction of sp³-hybridized carbons (Fsp3) is 0.455. The molecule has 0 spiro atoms. The van der Waals surface area contributed by atoms with Gasteiger partial charge in [-0.1, -0.05) is 27.5 Å². The molecule has 0 saturated heterocycles. The zero-order valence-corrected chi connectivity index (χ0v) is 10.6. The van der Waals surface area contributed by atoms with Gasteiger partial charge < -0.3 is 4.74 Å². The van der Waals surface area contributed by atoms with Crippen LogP contribution in [-0.2, 0) is 11.2 Å². The van der Waals surface area contributed by atoms with Crippen LogP contribution < -0.4 is 0 Å².